The molecule has 4 heterocycles. The second-order valence-electron chi connectivity index (χ2n) is 16.1. The van der Waals surface area contributed by atoms with E-state index in [1.165, 1.54) is 6.07 Å². The van der Waals surface area contributed by atoms with E-state index in [1.807, 2.05) is 19.9 Å². The molecular weight excluding hydrogens is 725 g/mol. The van der Waals surface area contributed by atoms with Crippen molar-refractivity contribution in [3.63, 3.8) is 0 Å². The molecular formula is C47H47F2N3O5. The highest BCUT2D eigenvalue weighted by atomic mass is 19.1. The first-order valence-electron chi connectivity index (χ1n) is 20.1. The molecule has 0 N–H and O–H groups in total. The van der Waals surface area contributed by atoms with Crippen LogP contribution in [-0.2, 0) is 25.2 Å². The van der Waals surface area contributed by atoms with Crippen molar-refractivity contribution in [3.05, 3.63) is 118 Å². The Morgan fingerprint density at radius 2 is 1.18 bits per heavy atom. The molecule has 1 aliphatic carbocycles. The molecule has 0 atom stereocenters. The summed E-state index contributed by atoms with van der Waals surface area (Å²) < 4.78 is 62.0. The number of rotatable bonds is 6. The van der Waals surface area contributed by atoms with Gasteiger partial charge in [0.2, 0.25) is 0 Å². The molecule has 5 aromatic carbocycles. The number of halogens is 2. The molecule has 3 fully saturated rings. The molecule has 10 rings (SSSR count). The molecule has 3 saturated heterocycles. The monoisotopic (exact) mass is 771 g/mol. The Balaban J connectivity index is 1.20. The lowest BCUT2D eigenvalue weighted by Crippen LogP contribution is -2.37. The third-order valence-corrected chi connectivity index (χ3v) is 12.6. The van der Waals surface area contributed by atoms with Crippen LogP contribution in [0.5, 0.6) is 11.5 Å². The number of anilines is 3. The first-order chi connectivity index (χ1) is 27.8. The van der Waals surface area contributed by atoms with E-state index in [2.05, 4.69) is 81.4 Å². The molecule has 0 amide bonds. The number of ether oxygens (including phenoxy) is 5. The highest BCUT2D eigenvalue weighted by Gasteiger charge is 2.46. The molecule has 10 heteroatoms. The fourth-order valence-corrected chi connectivity index (χ4v) is 9.79. The zero-order valence-electron chi connectivity index (χ0n) is 32.7. The van der Waals surface area contributed by atoms with Crippen molar-refractivity contribution in [2.45, 2.75) is 24.9 Å². The molecule has 0 unspecified atom stereocenters. The summed E-state index contributed by atoms with van der Waals surface area (Å²) in [7, 11) is 1.69. The molecule has 294 valence electrons. The lowest BCUT2D eigenvalue weighted by atomic mass is 9.76. The van der Waals surface area contributed by atoms with Gasteiger partial charge in [0.05, 0.1) is 52.4 Å². The van der Waals surface area contributed by atoms with Gasteiger partial charge < -0.3 is 38.4 Å². The predicted octanol–water partition coefficient (Wildman–Crippen LogP) is 8.29. The fraction of sp³-hybridized carbons (Fsp3) is 0.362. The summed E-state index contributed by atoms with van der Waals surface area (Å²) in [6.45, 7) is 12.8. The van der Waals surface area contributed by atoms with Crippen LogP contribution >= 0.6 is 0 Å². The number of methoxy groups -OCH3 is 1. The molecule has 4 aliphatic heterocycles. The molecule has 57 heavy (non-hydrogen) atoms. The lowest BCUT2D eigenvalue weighted by molar-refractivity contribution is 0.122. The van der Waals surface area contributed by atoms with E-state index in [9.17, 15) is 0 Å². The minimum Gasteiger partial charge on any atom is -0.495 e. The maximum absolute atomic E-state index is 16.1. The largest absolute Gasteiger partial charge is 0.495 e. The number of morpholine rings is 3. The van der Waals surface area contributed by atoms with E-state index >= 15 is 8.78 Å². The zero-order valence-corrected chi connectivity index (χ0v) is 32.7. The minimum absolute atomic E-state index is 0.486. The van der Waals surface area contributed by atoms with Crippen LogP contribution in [0, 0.1) is 11.6 Å². The smallest absolute Gasteiger partial charge is 0.178 e. The summed E-state index contributed by atoms with van der Waals surface area (Å²) >= 11 is 0. The van der Waals surface area contributed by atoms with Gasteiger partial charge in [0.1, 0.15) is 23.1 Å². The van der Waals surface area contributed by atoms with Gasteiger partial charge in [-0.15, -0.1) is 0 Å². The SMILES string of the molecule is COc1cc2c3c(c4c(c2cc1N1CCOCC1)-c1cc(F)cc(F)c1C4(C)C)C=CC(c1ccc(N2CCOCC2)cc1)(c1ccc(N2CCOCC2)cc1)O3. The van der Waals surface area contributed by atoms with Crippen LogP contribution in [0.15, 0.2) is 78.9 Å². The molecule has 0 radical (unpaired) electrons. The molecule has 5 aromatic rings. The quantitative estimate of drug-likeness (QED) is 0.171. The molecule has 0 bridgehead atoms. The molecule has 0 saturated carbocycles. The van der Waals surface area contributed by atoms with Gasteiger partial charge in [-0.25, -0.2) is 8.78 Å². The van der Waals surface area contributed by atoms with Gasteiger partial charge in [-0.1, -0.05) is 44.2 Å². The number of hydrogen-bond acceptors (Lipinski definition) is 8. The average molecular weight is 772 g/mol. The summed E-state index contributed by atoms with van der Waals surface area (Å²) in [5, 5.41) is 1.67. The Hall–Kier alpha value is -5.16. The molecule has 0 aromatic heterocycles. The van der Waals surface area contributed by atoms with Crippen molar-refractivity contribution < 1.29 is 32.5 Å². The third-order valence-electron chi connectivity index (χ3n) is 12.6. The fourth-order valence-electron chi connectivity index (χ4n) is 9.79. The Morgan fingerprint density at radius 1 is 0.632 bits per heavy atom. The number of fused-ring (bicyclic) bond motifs is 8. The van der Waals surface area contributed by atoms with Crippen molar-refractivity contribution in [2.75, 3.05) is 101 Å². The van der Waals surface area contributed by atoms with Gasteiger partial charge in [-0.3, -0.25) is 0 Å². The van der Waals surface area contributed by atoms with Gasteiger partial charge in [-0.05, 0) is 70.6 Å². The van der Waals surface area contributed by atoms with E-state index in [1.54, 1.807) is 7.11 Å². The van der Waals surface area contributed by atoms with Gasteiger partial charge in [0.25, 0.3) is 0 Å². The minimum atomic E-state index is -1.02. The maximum Gasteiger partial charge on any atom is 0.178 e. The highest BCUT2D eigenvalue weighted by Crippen LogP contribution is 2.60. The highest BCUT2D eigenvalue weighted by molar-refractivity contribution is 6.10. The maximum atomic E-state index is 16.1. The first kappa shape index (κ1) is 36.2. The van der Waals surface area contributed by atoms with Crippen molar-refractivity contribution in [1.29, 1.82) is 0 Å². The van der Waals surface area contributed by atoms with Crippen molar-refractivity contribution >= 4 is 33.9 Å². The third kappa shape index (κ3) is 5.86. The van der Waals surface area contributed by atoms with Gasteiger partial charge in [-0.2, -0.15) is 0 Å². The van der Waals surface area contributed by atoms with Gasteiger partial charge in [0, 0.05) is 89.8 Å². The number of nitrogens with zero attached hydrogens (tertiary/aromatic N) is 3. The lowest BCUT2D eigenvalue weighted by Gasteiger charge is -2.39. The van der Waals surface area contributed by atoms with Crippen LogP contribution < -0.4 is 24.2 Å². The Bertz CT molecular complexity index is 2320. The van der Waals surface area contributed by atoms with Crippen LogP contribution in [0.4, 0.5) is 25.8 Å². The van der Waals surface area contributed by atoms with E-state index < -0.39 is 22.7 Å². The zero-order chi connectivity index (χ0) is 38.9. The van der Waals surface area contributed by atoms with Crippen molar-refractivity contribution in [2.24, 2.45) is 0 Å². The van der Waals surface area contributed by atoms with Crippen LogP contribution in [0.1, 0.15) is 41.7 Å². The molecule has 0 spiro atoms. The van der Waals surface area contributed by atoms with Crippen LogP contribution in [0.2, 0.25) is 0 Å². The van der Waals surface area contributed by atoms with Crippen molar-refractivity contribution in [3.8, 4) is 22.6 Å². The van der Waals surface area contributed by atoms with Crippen LogP contribution in [-0.4, -0.2) is 86.0 Å². The summed E-state index contributed by atoms with van der Waals surface area (Å²) in [4.78, 5) is 6.96. The van der Waals surface area contributed by atoms with Crippen LogP contribution in [0.25, 0.3) is 28.0 Å². The summed E-state index contributed by atoms with van der Waals surface area (Å²) in [5.41, 5.74) is 6.96. The van der Waals surface area contributed by atoms with Crippen molar-refractivity contribution in [1.82, 2.24) is 0 Å². The second-order valence-corrected chi connectivity index (χ2v) is 16.1. The molecule has 5 aliphatic rings. The topological polar surface area (TPSA) is 55.9 Å². The standard InChI is InChI=1S/C47H47F2N3O5/c1-46(2)43-38(26-32(48)27-39(43)49)42-36-28-40(52-18-24-56-25-19-52)41(53-3)29-37(36)45-35(44(42)46)12-13-47(57-45,30-4-8-33(9-5-30)50-14-20-54-21-15-50)31-6-10-34(11-7-31)51-16-22-55-23-17-51/h4-13,26-29H,14-25H2,1-3H3. The summed E-state index contributed by atoms with van der Waals surface area (Å²) in [5.74, 6) is 0.220. The van der Waals surface area contributed by atoms with E-state index in [4.69, 9.17) is 23.7 Å². The molecule has 8 nitrogen and oxygen atoms in total. The second kappa shape index (κ2) is 14.0. The number of benzene rings is 5. The number of hydrogen-bond donors (Lipinski definition) is 0. The van der Waals surface area contributed by atoms with Gasteiger partial charge >= 0.3 is 0 Å². The Morgan fingerprint density at radius 3 is 1.72 bits per heavy atom. The first-order valence-corrected chi connectivity index (χ1v) is 20.1. The Labute approximate surface area is 332 Å². The summed E-state index contributed by atoms with van der Waals surface area (Å²) in [6.07, 6.45) is 4.29. The van der Waals surface area contributed by atoms with E-state index in [0.717, 1.165) is 87.9 Å². The predicted molar refractivity (Wildman–Crippen MR) is 220 cm³/mol. The Kier molecular flexibility index (Phi) is 8.92. The normalized spacial score (nSPS) is 19.6. The average Bonchev–Trinajstić information content (AvgIpc) is 3.50. The van der Waals surface area contributed by atoms with E-state index in [-0.39, 0.29) is 0 Å². The van der Waals surface area contributed by atoms with Gasteiger partial charge in [0.15, 0.2) is 5.60 Å². The summed E-state index contributed by atoms with van der Waals surface area (Å²) in [6, 6.07) is 24.0. The van der Waals surface area contributed by atoms with E-state index in [0.29, 0.717) is 75.4 Å². The van der Waals surface area contributed by atoms with Crippen LogP contribution in [0.3, 0.4) is 0 Å².